The van der Waals surface area contributed by atoms with Gasteiger partial charge in [0.25, 0.3) is 11.8 Å². The molecule has 1 aromatic carbocycles. The molecule has 1 aliphatic heterocycles. The van der Waals surface area contributed by atoms with Gasteiger partial charge in [-0.05, 0) is 45.2 Å². The monoisotopic (exact) mass is 467 g/mol. The second-order valence-corrected chi connectivity index (χ2v) is 9.21. The normalized spacial score (nSPS) is 14.9. The smallest absolute Gasteiger partial charge is 0.259 e. The van der Waals surface area contributed by atoms with Crippen LogP contribution in [-0.2, 0) is 0 Å². The molecule has 0 spiro atoms. The highest BCUT2D eigenvalue weighted by atomic mass is 16.5. The number of ether oxygens (including phenoxy) is 1. The Bertz CT molecular complexity index is 1040. The summed E-state index contributed by atoms with van der Waals surface area (Å²) in [6.07, 6.45) is 8.09. The van der Waals surface area contributed by atoms with Gasteiger partial charge in [0.15, 0.2) is 0 Å². The van der Waals surface area contributed by atoms with Crippen LogP contribution in [0.15, 0.2) is 41.5 Å². The summed E-state index contributed by atoms with van der Waals surface area (Å²) in [7, 11) is 1.65. The van der Waals surface area contributed by atoms with Crippen molar-refractivity contribution in [3.05, 3.63) is 63.6 Å². The van der Waals surface area contributed by atoms with Crippen LogP contribution in [0, 0.1) is 6.92 Å². The molecular weight excluding hydrogens is 430 g/mol. The summed E-state index contributed by atoms with van der Waals surface area (Å²) in [5, 5.41) is 0. The van der Waals surface area contributed by atoms with Crippen molar-refractivity contribution in [1.82, 2.24) is 14.4 Å². The average Bonchev–Trinajstić information content (AvgIpc) is 3.13. The number of pyridine rings is 1. The van der Waals surface area contributed by atoms with Gasteiger partial charge in [-0.25, -0.2) is 0 Å². The van der Waals surface area contributed by atoms with E-state index in [4.69, 9.17) is 4.74 Å². The quantitative estimate of drug-likeness (QED) is 0.581. The number of likely N-dealkylation sites (N-methyl/N-ethyl adjacent to an activating group) is 1. The molecule has 2 aromatic rings. The van der Waals surface area contributed by atoms with E-state index in [1.165, 1.54) is 4.90 Å². The van der Waals surface area contributed by atoms with Crippen LogP contribution in [0.5, 0.6) is 5.75 Å². The molecule has 0 aliphatic carbocycles. The Kier molecular flexibility index (Phi) is 8.91. The Morgan fingerprint density at radius 2 is 1.65 bits per heavy atom. The van der Waals surface area contributed by atoms with Crippen molar-refractivity contribution in [2.45, 2.75) is 58.9 Å². The predicted octanol–water partition coefficient (Wildman–Crippen LogP) is 4.29. The fraction of sp³-hybridized carbons (Fsp3) is 0.519. The number of aromatic nitrogens is 1. The van der Waals surface area contributed by atoms with Gasteiger partial charge in [-0.15, -0.1) is 0 Å². The minimum absolute atomic E-state index is 0.0267. The summed E-state index contributed by atoms with van der Waals surface area (Å²) in [6.45, 7) is 7.98. The molecule has 184 valence electrons. The third-order valence-corrected chi connectivity index (χ3v) is 6.56. The fourth-order valence-electron chi connectivity index (χ4n) is 4.05. The van der Waals surface area contributed by atoms with E-state index in [9.17, 15) is 14.4 Å². The van der Waals surface area contributed by atoms with Crippen molar-refractivity contribution in [2.75, 3.05) is 33.3 Å². The first-order valence-electron chi connectivity index (χ1n) is 12.3. The fourth-order valence-corrected chi connectivity index (χ4v) is 4.05. The molecule has 7 nitrogen and oxygen atoms in total. The molecule has 2 heterocycles. The second kappa shape index (κ2) is 11.9. The average molecular weight is 468 g/mol. The summed E-state index contributed by atoms with van der Waals surface area (Å²) in [5.74, 6) is 0.0552. The molecular formula is C27H37N3O4. The molecule has 1 fully saturated rings. The van der Waals surface area contributed by atoms with E-state index in [-0.39, 0.29) is 23.1 Å². The Hall–Kier alpha value is -3.09. The number of carbonyl (C=O) groups is 2. The summed E-state index contributed by atoms with van der Waals surface area (Å²) in [5.41, 5.74) is 0.758. The zero-order valence-electron chi connectivity index (χ0n) is 20.9. The lowest BCUT2D eigenvalue weighted by molar-refractivity contribution is 0.0758. The van der Waals surface area contributed by atoms with Crippen LogP contribution >= 0.6 is 0 Å². The molecule has 1 aromatic heterocycles. The minimum Gasteiger partial charge on any atom is -0.492 e. The number of aryl methyl sites for hydroxylation is 1. The number of nitrogens with zero attached hydrogens (tertiary/aromatic N) is 3. The first kappa shape index (κ1) is 25.5. The Morgan fingerprint density at radius 3 is 2.26 bits per heavy atom. The summed E-state index contributed by atoms with van der Waals surface area (Å²) in [6, 6.07) is 7.76. The largest absolute Gasteiger partial charge is 0.492 e. The first-order valence-corrected chi connectivity index (χ1v) is 12.3. The van der Waals surface area contributed by atoms with E-state index in [1.807, 2.05) is 49.6 Å². The maximum Gasteiger partial charge on any atom is 0.259 e. The Morgan fingerprint density at radius 1 is 1.03 bits per heavy atom. The number of benzene rings is 1. The van der Waals surface area contributed by atoms with Crippen molar-refractivity contribution in [2.24, 2.45) is 0 Å². The van der Waals surface area contributed by atoms with Crippen LogP contribution in [0.2, 0.25) is 0 Å². The van der Waals surface area contributed by atoms with Crippen LogP contribution in [0.3, 0.4) is 0 Å². The lowest BCUT2D eigenvalue weighted by atomic mass is 10.1. The third-order valence-electron chi connectivity index (χ3n) is 6.56. The minimum atomic E-state index is -0.495. The highest BCUT2D eigenvalue weighted by Gasteiger charge is 2.26. The summed E-state index contributed by atoms with van der Waals surface area (Å²) in [4.78, 5) is 43.1. The zero-order chi connectivity index (χ0) is 24.7. The number of likely N-dealkylation sites (tertiary alicyclic amines) is 1. The Balaban J connectivity index is 1.81. The van der Waals surface area contributed by atoms with E-state index < -0.39 is 11.3 Å². The highest BCUT2D eigenvalue weighted by molar-refractivity contribution is 5.99. The summed E-state index contributed by atoms with van der Waals surface area (Å²) >= 11 is 0. The zero-order valence-corrected chi connectivity index (χ0v) is 20.9. The van der Waals surface area contributed by atoms with Gasteiger partial charge in [0.05, 0.1) is 6.54 Å². The van der Waals surface area contributed by atoms with Crippen molar-refractivity contribution in [3.8, 4) is 5.75 Å². The number of carbonyl (C=O) groups excluding carboxylic acids is 2. The molecule has 0 unspecified atom stereocenters. The van der Waals surface area contributed by atoms with Gasteiger partial charge in [0.1, 0.15) is 23.5 Å². The molecule has 0 radical (unpaired) electrons. The number of amides is 2. The second-order valence-electron chi connectivity index (χ2n) is 9.21. The maximum absolute atomic E-state index is 13.3. The molecule has 0 saturated carbocycles. The van der Waals surface area contributed by atoms with Gasteiger partial charge in [-0.1, -0.05) is 37.5 Å². The van der Waals surface area contributed by atoms with Crippen molar-refractivity contribution < 1.29 is 14.3 Å². The SMILES string of the molecule is CC[C@@H](C)n1cc(C(=O)N(C)CCOc2ccc(C)cc2)c(=O)c(C(=O)N2CCCCCC2)c1. The molecule has 1 atom stereocenters. The standard InChI is InChI=1S/C27H37N3O4/c1-5-21(3)30-18-23(25(31)24(19-30)27(33)29-14-8-6-7-9-15-29)26(32)28(4)16-17-34-22-12-10-20(2)11-13-22/h10-13,18-19,21H,5-9,14-17H2,1-4H3/t21-/m1/s1. The number of rotatable bonds is 8. The predicted molar refractivity (Wildman–Crippen MR) is 134 cm³/mol. The van der Waals surface area contributed by atoms with E-state index in [1.54, 1.807) is 24.3 Å². The molecule has 2 amide bonds. The number of hydrogen-bond donors (Lipinski definition) is 0. The van der Waals surface area contributed by atoms with Gasteiger partial charge in [-0.2, -0.15) is 0 Å². The molecule has 1 saturated heterocycles. The molecule has 0 N–H and O–H groups in total. The molecule has 1 aliphatic rings. The van der Waals surface area contributed by atoms with Crippen molar-refractivity contribution in [1.29, 1.82) is 0 Å². The van der Waals surface area contributed by atoms with Crippen LogP contribution in [0.4, 0.5) is 0 Å². The first-order chi connectivity index (χ1) is 16.3. The van der Waals surface area contributed by atoms with Crippen LogP contribution in [0.1, 0.15) is 78.3 Å². The van der Waals surface area contributed by atoms with Gasteiger partial charge in [-0.3, -0.25) is 14.4 Å². The van der Waals surface area contributed by atoms with Crippen molar-refractivity contribution in [3.63, 3.8) is 0 Å². The lowest BCUT2D eigenvalue weighted by Crippen LogP contribution is -2.39. The van der Waals surface area contributed by atoms with Gasteiger partial charge >= 0.3 is 0 Å². The van der Waals surface area contributed by atoms with Crippen molar-refractivity contribution >= 4 is 11.8 Å². The Labute approximate surface area is 202 Å². The third kappa shape index (κ3) is 6.27. The van der Waals surface area contributed by atoms with Gasteiger partial charge in [0.2, 0.25) is 5.43 Å². The maximum atomic E-state index is 13.3. The van der Waals surface area contributed by atoms with E-state index in [0.717, 1.165) is 43.4 Å². The molecule has 34 heavy (non-hydrogen) atoms. The molecule has 0 bridgehead atoms. The topological polar surface area (TPSA) is 71.8 Å². The van der Waals surface area contributed by atoms with Gasteiger partial charge in [0, 0.05) is 38.6 Å². The highest BCUT2D eigenvalue weighted by Crippen LogP contribution is 2.16. The van der Waals surface area contributed by atoms with Crippen LogP contribution in [0.25, 0.3) is 0 Å². The van der Waals surface area contributed by atoms with E-state index >= 15 is 0 Å². The van der Waals surface area contributed by atoms with Gasteiger partial charge < -0.3 is 19.1 Å². The molecule has 3 rings (SSSR count). The number of hydrogen-bond acceptors (Lipinski definition) is 4. The van der Waals surface area contributed by atoms with E-state index in [2.05, 4.69) is 0 Å². The van der Waals surface area contributed by atoms with E-state index in [0.29, 0.717) is 26.2 Å². The molecule has 7 heteroatoms. The lowest BCUT2D eigenvalue weighted by Gasteiger charge is -2.23. The summed E-state index contributed by atoms with van der Waals surface area (Å²) < 4.78 is 7.57. The van der Waals surface area contributed by atoms with Crippen LogP contribution in [-0.4, -0.2) is 59.5 Å². The van der Waals surface area contributed by atoms with Crippen LogP contribution < -0.4 is 10.2 Å².